The summed E-state index contributed by atoms with van der Waals surface area (Å²) >= 11 is 1.08. The van der Waals surface area contributed by atoms with E-state index in [0.29, 0.717) is 16.4 Å². The maximum absolute atomic E-state index is 8.66. The SMILES string of the molecule is CC(C)Oc1nsc(N)c1C#N. The molecule has 0 fully saturated rings. The van der Waals surface area contributed by atoms with E-state index in [0.717, 1.165) is 11.5 Å². The van der Waals surface area contributed by atoms with Gasteiger partial charge in [0, 0.05) is 0 Å². The molecular weight excluding hydrogens is 174 g/mol. The van der Waals surface area contributed by atoms with Crippen molar-refractivity contribution in [2.45, 2.75) is 20.0 Å². The molecule has 0 spiro atoms. The lowest BCUT2D eigenvalue weighted by Gasteiger charge is -2.05. The van der Waals surface area contributed by atoms with Gasteiger partial charge in [0.2, 0.25) is 5.88 Å². The second kappa shape index (κ2) is 3.41. The molecule has 0 aliphatic rings. The highest BCUT2D eigenvalue weighted by Gasteiger charge is 2.12. The van der Waals surface area contributed by atoms with Crippen LogP contribution in [0, 0.1) is 11.3 Å². The molecular formula is C7H9N3OS. The van der Waals surface area contributed by atoms with Crippen molar-refractivity contribution in [2.24, 2.45) is 0 Å². The first-order valence-electron chi connectivity index (χ1n) is 3.47. The molecule has 1 aromatic rings. The number of aromatic nitrogens is 1. The van der Waals surface area contributed by atoms with E-state index in [9.17, 15) is 0 Å². The molecule has 0 radical (unpaired) electrons. The molecule has 1 aromatic heterocycles. The molecule has 1 rings (SSSR count). The molecule has 0 saturated heterocycles. The van der Waals surface area contributed by atoms with Crippen LogP contribution in [-0.4, -0.2) is 10.5 Å². The molecule has 5 heteroatoms. The van der Waals surface area contributed by atoms with E-state index in [2.05, 4.69) is 4.37 Å². The van der Waals surface area contributed by atoms with Gasteiger partial charge in [0.15, 0.2) is 0 Å². The lowest BCUT2D eigenvalue weighted by Crippen LogP contribution is -2.06. The predicted molar refractivity (Wildman–Crippen MR) is 47.0 cm³/mol. The Hall–Kier alpha value is -1.28. The highest BCUT2D eigenvalue weighted by Crippen LogP contribution is 2.27. The number of hydrogen-bond donors (Lipinski definition) is 1. The van der Waals surface area contributed by atoms with Crippen molar-refractivity contribution in [1.29, 1.82) is 5.26 Å². The topological polar surface area (TPSA) is 71.9 Å². The normalized spacial score (nSPS) is 9.83. The fourth-order valence-corrected chi connectivity index (χ4v) is 1.23. The molecule has 12 heavy (non-hydrogen) atoms. The number of ether oxygens (including phenoxy) is 1. The van der Waals surface area contributed by atoms with Crippen LogP contribution in [0.25, 0.3) is 0 Å². The number of nitriles is 1. The summed E-state index contributed by atoms with van der Waals surface area (Å²) in [6.45, 7) is 3.74. The van der Waals surface area contributed by atoms with Crippen molar-refractivity contribution < 1.29 is 4.74 Å². The summed E-state index contributed by atoms with van der Waals surface area (Å²) in [5.74, 6) is 0.343. The maximum Gasteiger partial charge on any atom is 0.245 e. The first-order valence-corrected chi connectivity index (χ1v) is 4.24. The molecule has 4 nitrogen and oxygen atoms in total. The van der Waals surface area contributed by atoms with Gasteiger partial charge in [-0.15, -0.1) is 0 Å². The maximum atomic E-state index is 8.66. The van der Waals surface area contributed by atoms with Crippen molar-refractivity contribution in [3.05, 3.63) is 5.56 Å². The summed E-state index contributed by atoms with van der Waals surface area (Å²) in [4.78, 5) is 0. The van der Waals surface area contributed by atoms with Crippen LogP contribution in [0.3, 0.4) is 0 Å². The van der Waals surface area contributed by atoms with Gasteiger partial charge >= 0.3 is 0 Å². The van der Waals surface area contributed by atoms with Crippen LogP contribution >= 0.6 is 11.5 Å². The molecule has 0 aliphatic carbocycles. The van der Waals surface area contributed by atoms with Gasteiger partial charge in [-0.3, -0.25) is 0 Å². The van der Waals surface area contributed by atoms with Gasteiger partial charge in [0.05, 0.1) is 6.10 Å². The summed E-state index contributed by atoms with van der Waals surface area (Å²) < 4.78 is 9.15. The number of anilines is 1. The van der Waals surface area contributed by atoms with Gasteiger partial charge in [0.25, 0.3) is 0 Å². The quantitative estimate of drug-likeness (QED) is 0.751. The van der Waals surface area contributed by atoms with E-state index in [1.54, 1.807) is 0 Å². The Morgan fingerprint density at radius 3 is 2.83 bits per heavy atom. The van der Waals surface area contributed by atoms with Gasteiger partial charge in [0.1, 0.15) is 16.6 Å². The fraction of sp³-hybridized carbons (Fsp3) is 0.429. The Kier molecular flexibility index (Phi) is 2.51. The van der Waals surface area contributed by atoms with Crippen LogP contribution in [0.2, 0.25) is 0 Å². The number of nitrogen functional groups attached to an aromatic ring is 1. The van der Waals surface area contributed by atoms with Gasteiger partial charge < -0.3 is 10.5 Å². The largest absolute Gasteiger partial charge is 0.473 e. The predicted octanol–water partition coefficient (Wildman–Crippen LogP) is 1.38. The number of nitrogens with zero attached hydrogens (tertiary/aromatic N) is 2. The zero-order chi connectivity index (χ0) is 9.14. The molecule has 2 N–H and O–H groups in total. The first kappa shape index (κ1) is 8.81. The lowest BCUT2D eigenvalue weighted by molar-refractivity contribution is 0.234. The molecule has 0 bridgehead atoms. The highest BCUT2D eigenvalue weighted by atomic mass is 32.1. The van der Waals surface area contributed by atoms with Gasteiger partial charge in [-0.1, -0.05) is 0 Å². The van der Waals surface area contributed by atoms with Crippen LogP contribution in [0.5, 0.6) is 5.88 Å². The van der Waals surface area contributed by atoms with Crippen LogP contribution in [0.1, 0.15) is 19.4 Å². The number of nitrogens with two attached hydrogens (primary N) is 1. The summed E-state index contributed by atoms with van der Waals surface area (Å²) in [6.07, 6.45) is 0.0126. The standard InChI is InChI=1S/C7H9N3OS/c1-4(2)11-7-5(3-8)6(9)12-10-7/h4H,9H2,1-2H3. The van der Waals surface area contributed by atoms with E-state index < -0.39 is 0 Å². The van der Waals surface area contributed by atoms with Crippen LogP contribution in [-0.2, 0) is 0 Å². The third-order valence-electron chi connectivity index (χ3n) is 1.15. The van der Waals surface area contributed by atoms with Gasteiger partial charge in [-0.05, 0) is 25.4 Å². The summed E-state index contributed by atoms with van der Waals surface area (Å²) in [5, 5.41) is 9.07. The molecule has 0 saturated carbocycles. The van der Waals surface area contributed by atoms with Crippen LogP contribution < -0.4 is 10.5 Å². The van der Waals surface area contributed by atoms with E-state index >= 15 is 0 Å². The number of rotatable bonds is 2. The van der Waals surface area contributed by atoms with Crippen molar-refractivity contribution in [1.82, 2.24) is 4.37 Å². The minimum absolute atomic E-state index is 0.0126. The zero-order valence-electron chi connectivity index (χ0n) is 6.87. The first-order chi connectivity index (χ1) is 5.65. The fourth-order valence-electron chi connectivity index (χ4n) is 0.694. The molecule has 0 amide bonds. The van der Waals surface area contributed by atoms with Crippen molar-refractivity contribution in [3.63, 3.8) is 0 Å². The lowest BCUT2D eigenvalue weighted by atomic mass is 10.3. The Morgan fingerprint density at radius 2 is 2.33 bits per heavy atom. The monoisotopic (exact) mass is 183 g/mol. The average Bonchev–Trinajstić information content (AvgIpc) is 2.30. The smallest absolute Gasteiger partial charge is 0.245 e. The van der Waals surface area contributed by atoms with Crippen molar-refractivity contribution in [2.75, 3.05) is 5.73 Å². The average molecular weight is 183 g/mol. The Bertz CT molecular complexity index is 313. The van der Waals surface area contributed by atoms with Crippen molar-refractivity contribution >= 4 is 16.5 Å². The third kappa shape index (κ3) is 1.66. The van der Waals surface area contributed by atoms with Crippen LogP contribution in [0.15, 0.2) is 0 Å². The second-order valence-electron chi connectivity index (χ2n) is 2.51. The molecule has 0 unspecified atom stereocenters. The second-order valence-corrected chi connectivity index (χ2v) is 3.31. The molecule has 0 atom stereocenters. The summed E-state index contributed by atoms with van der Waals surface area (Å²) in [5.41, 5.74) is 5.82. The summed E-state index contributed by atoms with van der Waals surface area (Å²) in [7, 11) is 0. The minimum atomic E-state index is 0.0126. The van der Waals surface area contributed by atoms with Gasteiger partial charge in [-0.2, -0.15) is 9.64 Å². The molecule has 64 valence electrons. The van der Waals surface area contributed by atoms with E-state index in [4.69, 9.17) is 15.7 Å². The van der Waals surface area contributed by atoms with E-state index in [-0.39, 0.29) is 6.10 Å². The molecule has 0 aromatic carbocycles. The highest BCUT2D eigenvalue weighted by molar-refractivity contribution is 7.10. The minimum Gasteiger partial charge on any atom is -0.473 e. The van der Waals surface area contributed by atoms with Gasteiger partial charge in [-0.25, -0.2) is 0 Å². The Balaban J connectivity index is 2.94. The third-order valence-corrected chi connectivity index (χ3v) is 1.80. The summed E-state index contributed by atoms with van der Waals surface area (Å²) in [6, 6.07) is 1.95. The molecule has 1 heterocycles. The van der Waals surface area contributed by atoms with Crippen molar-refractivity contribution in [3.8, 4) is 11.9 Å². The van der Waals surface area contributed by atoms with E-state index in [1.165, 1.54) is 0 Å². The number of hydrogen-bond acceptors (Lipinski definition) is 5. The Morgan fingerprint density at radius 1 is 1.67 bits per heavy atom. The van der Waals surface area contributed by atoms with E-state index in [1.807, 2.05) is 19.9 Å². The Labute approximate surface area is 74.7 Å². The zero-order valence-corrected chi connectivity index (χ0v) is 7.68. The van der Waals surface area contributed by atoms with Crippen LogP contribution in [0.4, 0.5) is 5.00 Å². The molecule has 0 aliphatic heterocycles.